The summed E-state index contributed by atoms with van der Waals surface area (Å²) in [5.74, 6) is 0. The predicted molar refractivity (Wildman–Crippen MR) is 30.3 cm³/mol. The van der Waals surface area contributed by atoms with Crippen molar-refractivity contribution in [1.82, 2.24) is 4.90 Å². The zero-order valence-electron chi connectivity index (χ0n) is 5.01. The Hall–Kier alpha value is -0.730. The van der Waals surface area contributed by atoms with E-state index in [2.05, 4.69) is 11.5 Å². The van der Waals surface area contributed by atoms with Gasteiger partial charge in [0.2, 0.25) is 0 Å². The molecule has 3 heteroatoms. The van der Waals surface area contributed by atoms with Crippen molar-refractivity contribution >= 4 is 6.02 Å². The second-order valence-electron chi connectivity index (χ2n) is 1.61. The first-order valence-electron chi connectivity index (χ1n) is 2.40. The summed E-state index contributed by atoms with van der Waals surface area (Å²) >= 11 is 0. The lowest BCUT2D eigenvalue weighted by molar-refractivity contribution is 0.332. The zero-order valence-corrected chi connectivity index (χ0v) is 5.01. The van der Waals surface area contributed by atoms with Crippen LogP contribution in [-0.2, 0) is 4.74 Å². The molecule has 0 saturated heterocycles. The van der Waals surface area contributed by atoms with Crippen LogP contribution in [0.3, 0.4) is 0 Å². The maximum atomic E-state index is 4.84. The minimum atomic E-state index is 0.644. The SMILES string of the molecule is COC1=N[C]CN1C. The van der Waals surface area contributed by atoms with Gasteiger partial charge < -0.3 is 9.64 Å². The Morgan fingerprint density at radius 3 is 2.88 bits per heavy atom. The van der Waals surface area contributed by atoms with Crippen molar-refractivity contribution < 1.29 is 4.74 Å². The number of methoxy groups -OCH3 is 1. The van der Waals surface area contributed by atoms with Gasteiger partial charge in [0.15, 0.2) is 0 Å². The highest BCUT2D eigenvalue weighted by molar-refractivity contribution is 5.75. The molecule has 0 N–H and O–H groups in total. The van der Waals surface area contributed by atoms with Crippen LogP contribution in [0, 0.1) is 6.54 Å². The Bertz CT molecular complexity index is 111. The molecule has 0 atom stereocenters. The van der Waals surface area contributed by atoms with Gasteiger partial charge in [-0.05, 0) is 0 Å². The van der Waals surface area contributed by atoms with Crippen LogP contribution in [-0.4, -0.2) is 31.6 Å². The Labute approximate surface area is 49.0 Å². The highest BCUT2D eigenvalue weighted by Gasteiger charge is 2.11. The highest BCUT2D eigenvalue weighted by atomic mass is 16.5. The van der Waals surface area contributed by atoms with Gasteiger partial charge in [0.05, 0.1) is 13.7 Å². The molecule has 0 aromatic rings. The van der Waals surface area contributed by atoms with Gasteiger partial charge in [-0.2, -0.15) is 0 Å². The van der Waals surface area contributed by atoms with E-state index >= 15 is 0 Å². The van der Waals surface area contributed by atoms with Gasteiger partial charge >= 0.3 is 0 Å². The number of nitrogens with zero attached hydrogens (tertiary/aromatic N) is 2. The standard InChI is InChI=1S/C5H8N2O/c1-7-4-3-6-5(7)8-2/h4H2,1-2H3. The van der Waals surface area contributed by atoms with E-state index in [4.69, 9.17) is 4.74 Å². The molecule has 1 aliphatic heterocycles. The normalized spacial score (nSPS) is 18.8. The molecule has 44 valence electrons. The van der Waals surface area contributed by atoms with Crippen molar-refractivity contribution in [2.75, 3.05) is 20.7 Å². The molecule has 3 nitrogen and oxygen atoms in total. The van der Waals surface area contributed by atoms with E-state index in [1.165, 1.54) is 0 Å². The predicted octanol–water partition coefficient (Wildman–Crippen LogP) is -0.0270. The lowest BCUT2D eigenvalue weighted by Crippen LogP contribution is -2.23. The minimum Gasteiger partial charge on any atom is -0.468 e. The molecule has 0 bridgehead atoms. The summed E-state index contributed by atoms with van der Waals surface area (Å²) in [6.45, 7) is 3.50. The molecule has 1 heterocycles. The third-order valence-electron chi connectivity index (χ3n) is 0.992. The number of hydrogen-bond donors (Lipinski definition) is 0. The quantitative estimate of drug-likeness (QED) is 0.439. The number of aliphatic imine (C=N–C) groups is 1. The molecule has 0 saturated carbocycles. The zero-order chi connectivity index (χ0) is 5.98. The average molecular weight is 112 g/mol. The summed E-state index contributed by atoms with van der Waals surface area (Å²) < 4.78 is 4.84. The van der Waals surface area contributed by atoms with Crippen LogP contribution in [0.2, 0.25) is 0 Å². The number of likely N-dealkylation sites (N-methyl/N-ethyl adjacent to an activating group) is 1. The van der Waals surface area contributed by atoms with Crippen LogP contribution in [0.1, 0.15) is 0 Å². The Morgan fingerprint density at radius 2 is 2.62 bits per heavy atom. The number of ether oxygens (including phenoxy) is 1. The Balaban J connectivity index is 2.49. The van der Waals surface area contributed by atoms with Gasteiger partial charge in [0.1, 0.15) is 6.54 Å². The molecule has 0 aliphatic carbocycles. The fraction of sp³-hybridized carbons (Fsp3) is 0.600. The summed E-state index contributed by atoms with van der Waals surface area (Å²) in [7, 11) is 3.50. The first-order chi connectivity index (χ1) is 3.84. The van der Waals surface area contributed by atoms with Crippen LogP contribution >= 0.6 is 0 Å². The van der Waals surface area contributed by atoms with Gasteiger partial charge in [-0.15, -0.1) is 0 Å². The molecule has 0 aromatic heterocycles. The van der Waals surface area contributed by atoms with Crippen molar-refractivity contribution in [3.05, 3.63) is 6.54 Å². The molecule has 0 amide bonds. The highest BCUT2D eigenvalue weighted by Crippen LogP contribution is 2.00. The summed E-state index contributed by atoms with van der Waals surface area (Å²) in [6.07, 6.45) is 0. The monoisotopic (exact) mass is 112 g/mol. The van der Waals surface area contributed by atoms with E-state index in [9.17, 15) is 0 Å². The maximum absolute atomic E-state index is 4.84. The molecular weight excluding hydrogens is 104 g/mol. The van der Waals surface area contributed by atoms with Gasteiger partial charge in [0, 0.05) is 7.05 Å². The molecule has 0 fully saturated rings. The van der Waals surface area contributed by atoms with Crippen LogP contribution in [0.5, 0.6) is 0 Å². The van der Waals surface area contributed by atoms with Crippen LogP contribution < -0.4 is 0 Å². The molecule has 0 spiro atoms. The summed E-state index contributed by atoms with van der Waals surface area (Å²) in [6, 6.07) is 0.644. The molecule has 0 aromatic carbocycles. The third-order valence-corrected chi connectivity index (χ3v) is 0.992. The number of amidine groups is 1. The van der Waals surface area contributed by atoms with E-state index < -0.39 is 0 Å². The van der Waals surface area contributed by atoms with Gasteiger partial charge in [-0.3, -0.25) is 0 Å². The first-order valence-corrected chi connectivity index (χ1v) is 2.40. The topological polar surface area (TPSA) is 24.8 Å². The number of rotatable bonds is 0. The van der Waals surface area contributed by atoms with Crippen molar-refractivity contribution in [2.45, 2.75) is 0 Å². The molecule has 8 heavy (non-hydrogen) atoms. The minimum absolute atomic E-state index is 0.644. The first kappa shape index (κ1) is 5.41. The second kappa shape index (κ2) is 2.03. The molecular formula is C5H8N2O. The summed E-state index contributed by atoms with van der Waals surface area (Å²) in [4.78, 5) is 5.68. The van der Waals surface area contributed by atoms with Crippen molar-refractivity contribution in [3.63, 3.8) is 0 Å². The van der Waals surface area contributed by atoms with Gasteiger partial charge in [0.25, 0.3) is 6.02 Å². The Morgan fingerprint density at radius 1 is 1.88 bits per heavy atom. The second-order valence-corrected chi connectivity index (χ2v) is 1.61. The molecule has 1 rings (SSSR count). The van der Waals surface area contributed by atoms with E-state index in [0.717, 1.165) is 6.54 Å². The van der Waals surface area contributed by atoms with Crippen LogP contribution in [0.15, 0.2) is 4.99 Å². The van der Waals surface area contributed by atoms with E-state index in [0.29, 0.717) is 6.02 Å². The fourth-order valence-corrected chi connectivity index (χ4v) is 0.564. The van der Waals surface area contributed by atoms with Crippen molar-refractivity contribution in [2.24, 2.45) is 4.99 Å². The molecule has 0 unspecified atom stereocenters. The number of hydrogen-bond acceptors (Lipinski definition) is 3. The molecule has 1 aliphatic rings. The average Bonchev–Trinajstić information content (AvgIpc) is 2.14. The van der Waals surface area contributed by atoms with Crippen molar-refractivity contribution in [3.8, 4) is 0 Å². The third kappa shape index (κ3) is 0.757. The summed E-state index contributed by atoms with van der Waals surface area (Å²) in [5.41, 5.74) is 0. The van der Waals surface area contributed by atoms with E-state index in [1.54, 1.807) is 7.11 Å². The Kier molecular flexibility index (Phi) is 1.37. The fourth-order valence-electron chi connectivity index (χ4n) is 0.564. The summed E-state index contributed by atoms with van der Waals surface area (Å²) in [5, 5.41) is 0. The maximum Gasteiger partial charge on any atom is 0.287 e. The van der Waals surface area contributed by atoms with Gasteiger partial charge in [-0.25, -0.2) is 4.99 Å². The lowest BCUT2D eigenvalue weighted by Gasteiger charge is -2.09. The van der Waals surface area contributed by atoms with Crippen LogP contribution in [0.4, 0.5) is 0 Å². The lowest BCUT2D eigenvalue weighted by atomic mass is 10.6. The smallest absolute Gasteiger partial charge is 0.287 e. The molecule has 2 radical (unpaired) electrons. The van der Waals surface area contributed by atoms with E-state index in [-0.39, 0.29) is 0 Å². The van der Waals surface area contributed by atoms with Crippen LogP contribution in [0.25, 0.3) is 0 Å². The van der Waals surface area contributed by atoms with E-state index in [1.807, 2.05) is 11.9 Å². The van der Waals surface area contributed by atoms with Crippen molar-refractivity contribution in [1.29, 1.82) is 0 Å². The van der Waals surface area contributed by atoms with Gasteiger partial charge in [-0.1, -0.05) is 0 Å². The largest absolute Gasteiger partial charge is 0.468 e.